The van der Waals surface area contributed by atoms with Crippen LogP contribution in [0.15, 0.2) is 35.4 Å². The molecule has 1 unspecified atom stereocenters. The van der Waals surface area contributed by atoms with Gasteiger partial charge in [0.1, 0.15) is 0 Å². The molecule has 1 heterocycles. The first-order chi connectivity index (χ1) is 14.9. The number of rotatable bonds is 5. The molecule has 9 nitrogen and oxygen atoms in total. The summed E-state index contributed by atoms with van der Waals surface area (Å²) in [5, 5.41) is 26.1. The van der Waals surface area contributed by atoms with Crippen molar-refractivity contribution in [2.45, 2.75) is 26.2 Å². The minimum absolute atomic E-state index is 0.0514. The number of hydrogen-bond acceptors (Lipinski definition) is 6. The van der Waals surface area contributed by atoms with Gasteiger partial charge in [0.05, 0.1) is 24.3 Å². The Morgan fingerprint density at radius 1 is 1.39 bits per heavy atom. The van der Waals surface area contributed by atoms with E-state index in [-0.39, 0.29) is 22.7 Å². The smallest absolute Gasteiger partial charge is 0.274 e. The molecule has 160 valence electrons. The lowest BCUT2D eigenvalue weighted by Crippen LogP contribution is -2.17. The summed E-state index contributed by atoms with van der Waals surface area (Å²) in [6.07, 6.45) is 4.28. The van der Waals surface area contributed by atoms with E-state index in [1.54, 1.807) is 6.07 Å². The first kappa shape index (κ1) is 20.4. The molecular formula is C22H22N4O5. The molecule has 4 rings (SSSR count). The summed E-state index contributed by atoms with van der Waals surface area (Å²) in [6, 6.07) is 7.70. The fourth-order valence-electron chi connectivity index (χ4n) is 3.93. The third-order valence-electron chi connectivity index (χ3n) is 5.59. The Morgan fingerprint density at radius 2 is 2.19 bits per heavy atom. The molecule has 0 aliphatic heterocycles. The maximum absolute atomic E-state index is 12.6. The van der Waals surface area contributed by atoms with Crippen molar-refractivity contribution in [1.82, 2.24) is 10.4 Å². The number of amides is 1. The van der Waals surface area contributed by atoms with E-state index >= 15 is 0 Å². The number of hydrazone groups is 1. The molecular weight excluding hydrogens is 400 g/mol. The highest BCUT2D eigenvalue weighted by Crippen LogP contribution is 2.34. The highest BCUT2D eigenvalue weighted by atomic mass is 16.6. The van der Waals surface area contributed by atoms with Crippen molar-refractivity contribution < 1.29 is 19.6 Å². The van der Waals surface area contributed by atoms with Crippen LogP contribution in [0.25, 0.3) is 10.9 Å². The summed E-state index contributed by atoms with van der Waals surface area (Å²) in [5.74, 6) is -0.179. The van der Waals surface area contributed by atoms with E-state index in [2.05, 4.69) is 22.4 Å². The molecule has 9 heteroatoms. The molecule has 0 spiro atoms. The van der Waals surface area contributed by atoms with Crippen molar-refractivity contribution >= 4 is 28.7 Å². The number of phenols is 1. The second-order valence-electron chi connectivity index (χ2n) is 7.73. The van der Waals surface area contributed by atoms with Crippen LogP contribution in [0.5, 0.6) is 11.5 Å². The number of fused-ring (bicyclic) bond motifs is 3. The zero-order chi connectivity index (χ0) is 22.1. The van der Waals surface area contributed by atoms with Gasteiger partial charge in [0.15, 0.2) is 11.5 Å². The summed E-state index contributed by atoms with van der Waals surface area (Å²) in [6.45, 7) is 2.23. The highest BCUT2D eigenvalue weighted by Gasteiger charge is 2.20. The van der Waals surface area contributed by atoms with E-state index in [1.807, 2.05) is 12.1 Å². The minimum atomic E-state index is -0.606. The van der Waals surface area contributed by atoms with E-state index in [0.717, 1.165) is 48.5 Å². The Labute approximate surface area is 177 Å². The summed E-state index contributed by atoms with van der Waals surface area (Å²) in [4.78, 5) is 26.5. The molecule has 0 bridgehead atoms. The number of ether oxygens (including phenoxy) is 1. The number of hydrogen-bond donors (Lipinski definition) is 3. The van der Waals surface area contributed by atoms with Crippen molar-refractivity contribution in [3.63, 3.8) is 0 Å². The maximum atomic E-state index is 12.6. The first-order valence-corrected chi connectivity index (χ1v) is 9.89. The van der Waals surface area contributed by atoms with E-state index in [9.17, 15) is 20.0 Å². The number of aryl methyl sites for hydroxylation is 1. The highest BCUT2D eigenvalue weighted by molar-refractivity contribution is 5.99. The van der Waals surface area contributed by atoms with Crippen LogP contribution in [0.1, 0.15) is 40.5 Å². The topological polar surface area (TPSA) is 130 Å². The number of aromatic hydroxyl groups is 1. The Morgan fingerprint density at radius 3 is 2.94 bits per heavy atom. The largest absolute Gasteiger partial charge is 0.504 e. The molecule has 1 amide bonds. The number of methoxy groups -OCH3 is 1. The van der Waals surface area contributed by atoms with E-state index < -0.39 is 10.8 Å². The van der Waals surface area contributed by atoms with Crippen LogP contribution in [0, 0.1) is 16.0 Å². The Hall–Kier alpha value is -3.88. The van der Waals surface area contributed by atoms with Crippen molar-refractivity contribution in [1.29, 1.82) is 0 Å². The second kappa shape index (κ2) is 8.10. The van der Waals surface area contributed by atoms with Gasteiger partial charge in [0, 0.05) is 33.8 Å². The third-order valence-corrected chi connectivity index (χ3v) is 5.59. The summed E-state index contributed by atoms with van der Waals surface area (Å²) < 4.78 is 4.95. The zero-order valence-corrected chi connectivity index (χ0v) is 17.1. The van der Waals surface area contributed by atoms with Crippen LogP contribution < -0.4 is 10.2 Å². The van der Waals surface area contributed by atoms with Gasteiger partial charge in [-0.15, -0.1) is 0 Å². The normalized spacial score (nSPS) is 15.7. The number of nitro benzene ring substituents is 1. The maximum Gasteiger partial charge on any atom is 0.274 e. The molecule has 1 aliphatic carbocycles. The van der Waals surface area contributed by atoms with Crippen molar-refractivity contribution in [2.24, 2.45) is 11.0 Å². The molecule has 0 radical (unpaired) electrons. The van der Waals surface area contributed by atoms with E-state index in [4.69, 9.17) is 4.74 Å². The van der Waals surface area contributed by atoms with Crippen LogP contribution in [0.3, 0.4) is 0 Å². The lowest BCUT2D eigenvalue weighted by molar-refractivity contribution is -0.385. The Balaban J connectivity index is 1.56. The van der Waals surface area contributed by atoms with Crippen molar-refractivity contribution in [3.8, 4) is 11.5 Å². The number of carbonyl (C=O) groups is 1. The number of H-pyrrole nitrogens is 1. The molecule has 1 atom stereocenters. The van der Waals surface area contributed by atoms with Crippen molar-refractivity contribution in [3.05, 3.63) is 62.8 Å². The molecule has 1 aromatic heterocycles. The van der Waals surface area contributed by atoms with Crippen LogP contribution in [0.2, 0.25) is 0 Å². The van der Waals surface area contributed by atoms with Gasteiger partial charge < -0.3 is 14.8 Å². The number of aromatic amines is 1. The fraction of sp³-hybridized carbons (Fsp3) is 0.273. The van der Waals surface area contributed by atoms with Gasteiger partial charge >= 0.3 is 0 Å². The SMILES string of the molecule is COc1cc([N+](=O)[O-])cc(/C=N\NC(=O)c2ccc3[nH]c4c(c3c2)CC(C)CC4)c1O. The van der Waals surface area contributed by atoms with Gasteiger partial charge in [-0.1, -0.05) is 6.92 Å². The lowest BCUT2D eigenvalue weighted by Gasteiger charge is -2.18. The lowest BCUT2D eigenvalue weighted by atomic mass is 9.87. The number of nitrogens with zero attached hydrogens (tertiary/aromatic N) is 2. The van der Waals surface area contributed by atoms with Gasteiger partial charge in [-0.25, -0.2) is 5.43 Å². The molecule has 0 fully saturated rings. The van der Waals surface area contributed by atoms with Crippen LogP contribution in [0.4, 0.5) is 5.69 Å². The average molecular weight is 422 g/mol. The molecule has 2 aromatic carbocycles. The predicted molar refractivity (Wildman–Crippen MR) is 116 cm³/mol. The predicted octanol–water partition coefficient (Wildman–Crippen LogP) is 3.68. The van der Waals surface area contributed by atoms with E-state index in [0.29, 0.717) is 11.5 Å². The molecule has 31 heavy (non-hydrogen) atoms. The Bertz CT molecular complexity index is 1210. The van der Waals surface area contributed by atoms with Gasteiger partial charge in [0.25, 0.3) is 11.6 Å². The number of nitro groups is 1. The summed E-state index contributed by atoms with van der Waals surface area (Å²) in [5.41, 5.74) is 6.15. The molecule has 0 saturated heterocycles. The number of nitrogens with one attached hydrogen (secondary N) is 2. The summed E-state index contributed by atoms with van der Waals surface area (Å²) >= 11 is 0. The molecule has 3 N–H and O–H groups in total. The number of carbonyl (C=O) groups excluding carboxylic acids is 1. The molecule has 3 aromatic rings. The van der Waals surface area contributed by atoms with Gasteiger partial charge in [-0.2, -0.15) is 5.10 Å². The number of non-ortho nitro benzene ring substituents is 1. The van der Waals surface area contributed by atoms with Crippen LogP contribution in [-0.2, 0) is 12.8 Å². The second-order valence-corrected chi connectivity index (χ2v) is 7.73. The number of benzene rings is 2. The number of phenolic OH excluding ortho intramolecular Hbond substituents is 1. The standard InChI is InChI=1S/C22H22N4O5/c1-12-3-5-18-16(7-12)17-9-13(4-6-19(17)24-18)22(28)25-23-11-14-8-15(26(29)30)10-20(31-2)21(14)27/h4,6,8-12,24,27H,3,5,7H2,1-2H3,(H,25,28)/b23-11-. The van der Waals surface area contributed by atoms with Crippen LogP contribution >= 0.6 is 0 Å². The van der Waals surface area contributed by atoms with Gasteiger partial charge in [0.2, 0.25) is 0 Å². The monoisotopic (exact) mass is 422 g/mol. The quantitative estimate of drug-likeness (QED) is 0.328. The Kier molecular flexibility index (Phi) is 5.33. The summed E-state index contributed by atoms with van der Waals surface area (Å²) in [7, 11) is 1.29. The zero-order valence-electron chi connectivity index (χ0n) is 17.1. The molecule has 1 aliphatic rings. The average Bonchev–Trinajstić information content (AvgIpc) is 3.11. The number of aromatic nitrogens is 1. The fourth-order valence-corrected chi connectivity index (χ4v) is 3.93. The first-order valence-electron chi connectivity index (χ1n) is 9.89. The van der Waals surface area contributed by atoms with Gasteiger partial charge in [-0.3, -0.25) is 14.9 Å². The third kappa shape index (κ3) is 3.94. The minimum Gasteiger partial charge on any atom is -0.504 e. The van der Waals surface area contributed by atoms with Crippen molar-refractivity contribution in [2.75, 3.05) is 7.11 Å². The van der Waals surface area contributed by atoms with Crippen LogP contribution in [-0.4, -0.2) is 34.2 Å². The van der Waals surface area contributed by atoms with E-state index in [1.165, 1.54) is 18.4 Å². The molecule has 0 saturated carbocycles. The van der Waals surface area contributed by atoms with Gasteiger partial charge in [-0.05, 0) is 48.9 Å².